The highest BCUT2D eigenvalue weighted by Gasteiger charge is 2.13. The summed E-state index contributed by atoms with van der Waals surface area (Å²) in [5, 5.41) is 6.83. The van der Waals surface area contributed by atoms with Gasteiger partial charge in [0, 0.05) is 26.3 Å². The van der Waals surface area contributed by atoms with Crippen LogP contribution in [0.4, 0.5) is 0 Å². The average Bonchev–Trinajstić information content (AvgIpc) is 3.03. The van der Waals surface area contributed by atoms with Gasteiger partial charge in [0.05, 0.1) is 25.1 Å². The highest BCUT2D eigenvalue weighted by atomic mass is 32.2. The molecule has 1 N–H and O–H groups in total. The number of ether oxygens (including phenoxy) is 1. The maximum absolute atomic E-state index is 12.1. The van der Waals surface area contributed by atoms with Crippen LogP contribution in [0.2, 0.25) is 0 Å². The predicted molar refractivity (Wildman–Crippen MR) is 89.9 cm³/mol. The summed E-state index contributed by atoms with van der Waals surface area (Å²) in [4.78, 5) is 12.1. The number of aromatic nitrogens is 2. The molecule has 0 atom stereocenters. The van der Waals surface area contributed by atoms with Crippen LogP contribution in [-0.2, 0) is 10.0 Å². The molecule has 2 aromatic rings. The number of sulfonamides is 1. The number of nitrogens with one attached hydrogen (secondary N) is 1. The van der Waals surface area contributed by atoms with Crippen molar-refractivity contribution in [3.8, 4) is 11.4 Å². The lowest BCUT2D eigenvalue weighted by atomic mass is 10.3. The van der Waals surface area contributed by atoms with Crippen LogP contribution in [0.1, 0.15) is 10.4 Å². The van der Waals surface area contributed by atoms with Crippen LogP contribution >= 0.6 is 0 Å². The molecule has 0 radical (unpaired) electrons. The summed E-state index contributed by atoms with van der Waals surface area (Å²) in [5.74, 6) is 0.320. The van der Waals surface area contributed by atoms with Crippen LogP contribution in [-0.4, -0.2) is 61.9 Å². The molecule has 0 aliphatic heterocycles. The van der Waals surface area contributed by atoms with E-state index in [-0.39, 0.29) is 19.0 Å². The molecule has 0 fully saturated rings. The van der Waals surface area contributed by atoms with E-state index in [1.54, 1.807) is 24.1 Å². The maximum Gasteiger partial charge on any atom is 0.254 e. The van der Waals surface area contributed by atoms with Crippen LogP contribution in [0.25, 0.3) is 5.69 Å². The molecule has 0 saturated heterocycles. The van der Waals surface area contributed by atoms with Gasteiger partial charge >= 0.3 is 0 Å². The van der Waals surface area contributed by atoms with Crippen molar-refractivity contribution in [3.63, 3.8) is 0 Å². The quantitative estimate of drug-likeness (QED) is 0.783. The van der Waals surface area contributed by atoms with Crippen molar-refractivity contribution in [2.75, 3.05) is 33.5 Å². The molecule has 0 aliphatic rings. The molecule has 8 nitrogen and oxygen atoms in total. The van der Waals surface area contributed by atoms with Crippen LogP contribution in [0.3, 0.4) is 0 Å². The molecule has 1 aromatic heterocycles. The minimum atomic E-state index is -3.25. The Labute approximate surface area is 141 Å². The molecule has 130 valence electrons. The van der Waals surface area contributed by atoms with Gasteiger partial charge in [-0.3, -0.25) is 4.79 Å². The molecule has 1 heterocycles. The summed E-state index contributed by atoms with van der Waals surface area (Å²) >= 11 is 0. The second kappa shape index (κ2) is 7.45. The smallest absolute Gasteiger partial charge is 0.254 e. The molecule has 0 bridgehead atoms. The molecular weight excluding hydrogens is 332 g/mol. The predicted octanol–water partition coefficient (Wildman–Crippen LogP) is 0.502. The summed E-state index contributed by atoms with van der Waals surface area (Å²) < 4.78 is 30.6. The van der Waals surface area contributed by atoms with E-state index in [0.717, 1.165) is 11.9 Å². The van der Waals surface area contributed by atoms with Crippen molar-refractivity contribution >= 4 is 15.9 Å². The highest BCUT2D eigenvalue weighted by molar-refractivity contribution is 7.88. The van der Waals surface area contributed by atoms with Crippen LogP contribution in [0.15, 0.2) is 36.7 Å². The Morgan fingerprint density at radius 1 is 1.38 bits per heavy atom. The maximum atomic E-state index is 12.1. The third-order valence-corrected chi connectivity index (χ3v) is 4.77. The zero-order valence-electron chi connectivity index (χ0n) is 13.8. The fraction of sp³-hybridized carbons (Fsp3) is 0.333. The van der Waals surface area contributed by atoms with Crippen molar-refractivity contribution < 1.29 is 17.9 Å². The van der Waals surface area contributed by atoms with E-state index < -0.39 is 10.0 Å². The molecule has 1 amide bonds. The molecule has 2 rings (SSSR count). The Balaban J connectivity index is 2.01. The molecule has 9 heteroatoms. The van der Waals surface area contributed by atoms with Crippen LogP contribution < -0.4 is 10.1 Å². The first-order valence-corrected chi connectivity index (χ1v) is 9.05. The topological polar surface area (TPSA) is 93.5 Å². The Bertz CT molecular complexity index is 816. The SMILES string of the molecule is COc1ccccc1-n1cc(C(=O)NCCN(C)S(C)(=O)=O)cn1. The number of methoxy groups -OCH3 is 1. The molecule has 24 heavy (non-hydrogen) atoms. The first-order valence-electron chi connectivity index (χ1n) is 7.20. The molecule has 0 aliphatic carbocycles. The van der Waals surface area contributed by atoms with Crippen molar-refractivity contribution in [1.29, 1.82) is 0 Å². The van der Waals surface area contributed by atoms with E-state index in [1.807, 2.05) is 18.2 Å². The number of rotatable bonds is 7. The number of hydrogen-bond donors (Lipinski definition) is 1. The van der Waals surface area contributed by atoms with Gasteiger partial charge < -0.3 is 10.1 Å². The van der Waals surface area contributed by atoms with Gasteiger partial charge in [-0.25, -0.2) is 17.4 Å². The van der Waals surface area contributed by atoms with Crippen molar-refractivity contribution in [3.05, 3.63) is 42.2 Å². The van der Waals surface area contributed by atoms with E-state index in [9.17, 15) is 13.2 Å². The average molecular weight is 352 g/mol. The number of hydrogen-bond acceptors (Lipinski definition) is 5. The monoisotopic (exact) mass is 352 g/mol. The number of para-hydroxylation sites is 2. The second-order valence-corrected chi connectivity index (χ2v) is 7.28. The zero-order valence-corrected chi connectivity index (χ0v) is 14.6. The summed E-state index contributed by atoms with van der Waals surface area (Å²) in [6, 6.07) is 7.32. The number of likely N-dealkylation sites (N-methyl/N-ethyl adjacent to an activating group) is 1. The van der Waals surface area contributed by atoms with Gasteiger partial charge in [0.25, 0.3) is 5.91 Å². The first-order chi connectivity index (χ1) is 11.3. The van der Waals surface area contributed by atoms with E-state index in [1.165, 1.54) is 17.5 Å². The van der Waals surface area contributed by atoms with Crippen LogP contribution in [0, 0.1) is 0 Å². The fourth-order valence-electron chi connectivity index (χ4n) is 1.99. The number of benzene rings is 1. The van der Waals surface area contributed by atoms with Gasteiger partial charge in [-0.1, -0.05) is 12.1 Å². The lowest BCUT2D eigenvalue weighted by molar-refractivity contribution is 0.0952. The highest BCUT2D eigenvalue weighted by Crippen LogP contribution is 2.21. The Kier molecular flexibility index (Phi) is 5.58. The van der Waals surface area contributed by atoms with E-state index in [4.69, 9.17) is 4.74 Å². The van der Waals surface area contributed by atoms with Crippen LogP contribution in [0.5, 0.6) is 5.75 Å². The van der Waals surface area contributed by atoms with Crippen molar-refractivity contribution in [2.45, 2.75) is 0 Å². The number of amides is 1. The van der Waals surface area contributed by atoms with Gasteiger partial charge in [0.1, 0.15) is 11.4 Å². The lowest BCUT2D eigenvalue weighted by Gasteiger charge is -2.13. The third-order valence-electron chi connectivity index (χ3n) is 3.46. The minimum absolute atomic E-state index is 0.200. The third kappa shape index (κ3) is 4.33. The summed E-state index contributed by atoms with van der Waals surface area (Å²) in [7, 11) is -0.230. The Morgan fingerprint density at radius 2 is 2.08 bits per heavy atom. The zero-order chi connectivity index (χ0) is 17.7. The Hall–Kier alpha value is -2.39. The standard InChI is InChI=1S/C15H20N4O4S/c1-18(24(3,21)22)9-8-16-15(20)12-10-17-19(11-12)13-6-4-5-7-14(13)23-2/h4-7,10-11H,8-9H2,1-3H3,(H,16,20). The van der Waals surface area contributed by atoms with E-state index >= 15 is 0 Å². The second-order valence-electron chi connectivity index (χ2n) is 5.19. The lowest BCUT2D eigenvalue weighted by Crippen LogP contribution is -2.35. The first kappa shape index (κ1) is 18.0. The molecule has 0 unspecified atom stereocenters. The minimum Gasteiger partial charge on any atom is -0.494 e. The summed E-state index contributed by atoms with van der Waals surface area (Å²) in [5.41, 5.74) is 1.10. The van der Waals surface area contributed by atoms with Crippen molar-refractivity contribution in [2.24, 2.45) is 0 Å². The van der Waals surface area contributed by atoms with Gasteiger partial charge in [0.2, 0.25) is 10.0 Å². The van der Waals surface area contributed by atoms with E-state index in [0.29, 0.717) is 11.3 Å². The molecular formula is C15H20N4O4S. The largest absolute Gasteiger partial charge is 0.494 e. The molecule has 0 spiro atoms. The normalized spacial score (nSPS) is 11.5. The Morgan fingerprint density at radius 3 is 2.75 bits per heavy atom. The number of nitrogens with zero attached hydrogens (tertiary/aromatic N) is 3. The van der Waals surface area contributed by atoms with Gasteiger partial charge in [0.15, 0.2) is 0 Å². The summed E-state index contributed by atoms with van der Waals surface area (Å²) in [6.45, 7) is 0.410. The number of carbonyl (C=O) groups is 1. The number of carbonyl (C=O) groups excluding carboxylic acids is 1. The van der Waals surface area contributed by atoms with Gasteiger partial charge in [-0.05, 0) is 12.1 Å². The van der Waals surface area contributed by atoms with Gasteiger partial charge in [-0.2, -0.15) is 5.10 Å². The molecule has 1 aromatic carbocycles. The fourth-order valence-corrected chi connectivity index (χ4v) is 2.41. The van der Waals surface area contributed by atoms with Gasteiger partial charge in [-0.15, -0.1) is 0 Å². The molecule has 0 saturated carbocycles. The van der Waals surface area contributed by atoms with E-state index in [2.05, 4.69) is 10.4 Å². The summed E-state index contributed by atoms with van der Waals surface area (Å²) in [6.07, 6.45) is 4.15. The van der Waals surface area contributed by atoms with Crippen molar-refractivity contribution in [1.82, 2.24) is 19.4 Å².